The van der Waals surface area contributed by atoms with Gasteiger partial charge in [0.25, 0.3) is 0 Å². The van der Waals surface area contributed by atoms with Crippen LogP contribution in [0.15, 0.2) is 0 Å². The van der Waals surface area contributed by atoms with Crippen molar-refractivity contribution in [1.29, 1.82) is 0 Å². The van der Waals surface area contributed by atoms with Gasteiger partial charge in [-0.1, -0.05) is 33.1 Å². The molecule has 0 bridgehead atoms. The smallest absolute Gasteiger partial charge is 0.164 e. The minimum atomic E-state index is -0.439. The first-order valence-corrected chi connectivity index (χ1v) is 7.06. The molecule has 2 nitrogen and oxygen atoms in total. The van der Waals surface area contributed by atoms with E-state index in [1.165, 1.54) is 19.3 Å². The third-order valence-corrected chi connectivity index (χ3v) is 5.01. The number of ketones is 1. The van der Waals surface area contributed by atoms with Crippen LogP contribution in [-0.2, 0) is 9.53 Å². The third-order valence-electron chi connectivity index (χ3n) is 5.01. The first-order valence-electron chi connectivity index (χ1n) is 7.06. The standard InChI is InChI=1S/C15H26O2/c1-14(2)7-9-15(17-3,10-8-14)13(16)11-12-5-4-6-12/h12H,4-11H2,1-3H3. The predicted octanol–water partition coefficient (Wildman–Crippen LogP) is 3.73. The minimum absolute atomic E-state index is 0.375. The fourth-order valence-corrected chi connectivity index (χ4v) is 3.07. The zero-order valence-electron chi connectivity index (χ0n) is 11.6. The number of Topliss-reactive ketones (excluding diaryl/α,β-unsaturated/α-hetero) is 1. The van der Waals surface area contributed by atoms with Crippen molar-refractivity contribution in [2.75, 3.05) is 7.11 Å². The summed E-state index contributed by atoms with van der Waals surface area (Å²) in [6, 6.07) is 0. The molecule has 2 fully saturated rings. The van der Waals surface area contributed by atoms with E-state index in [0.29, 0.717) is 17.1 Å². The largest absolute Gasteiger partial charge is 0.370 e. The molecule has 2 aliphatic carbocycles. The SMILES string of the molecule is COC1(C(=O)CC2CCC2)CCC(C)(C)CC1. The van der Waals surface area contributed by atoms with Gasteiger partial charge in [-0.15, -0.1) is 0 Å². The van der Waals surface area contributed by atoms with Crippen LogP contribution in [0.2, 0.25) is 0 Å². The highest BCUT2D eigenvalue weighted by Gasteiger charge is 2.44. The summed E-state index contributed by atoms with van der Waals surface area (Å²) in [7, 11) is 1.72. The summed E-state index contributed by atoms with van der Waals surface area (Å²) >= 11 is 0. The topological polar surface area (TPSA) is 26.3 Å². The Bertz CT molecular complexity index is 279. The fraction of sp³-hybridized carbons (Fsp3) is 0.933. The van der Waals surface area contributed by atoms with Gasteiger partial charge in [0.2, 0.25) is 0 Å². The number of ether oxygens (including phenoxy) is 1. The van der Waals surface area contributed by atoms with Crippen LogP contribution in [0.1, 0.15) is 65.2 Å². The molecule has 0 unspecified atom stereocenters. The number of rotatable bonds is 4. The normalized spacial score (nSPS) is 27.5. The van der Waals surface area contributed by atoms with Crippen molar-refractivity contribution in [1.82, 2.24) is 0 Å². The Labute approximate surface area is 105 Å². The molecule has 2 heteroatoms. The van der Waals surface area contributed by atoms with E-state index in [1.54, 1.807) is 7.11 Å². The van der Waals surface area contributed by atoms with Gasteiger partial charge in [-0.05, 0) is 37.0 Å². The lowest BCUT2D eigenvalue weighted by molar-refractivity contribution is -0.149. The van der Waals surface area contributed by atoms with E-state index >= 15 is 0 Å². The fourth-order valence-electron chi connectivity index (χ4n) is 3.07. The molecule has 0 spiro atoms. The number of hydrogen-bond donors (Lipinski definition) is 0. The van der Waals surface area contributed by atoms with E-state index in [1.807, 2.05) is 0 Å². The monoisotopic (exact) mass is 238 g/mol. The highest BCUT2D eigenvalue weighted by atomic mass is 16.5. The van der Waals surface area contributed by atoms with Gasteiger partial charge in [-0.3, -0.25) is 4.79 Å². The van der Waals surface area contributed by atoms with Gasteiger partial charge in [0.1, 0.15) is 5.60 Å². The predicted molar refractivity (Wildman–Crippen MR) is 69.0 cm³/mol. The number of hydrogen-bond acceptors (Lipinski definition) is 2. The number of carbonyl (C=O) groups is 1. The zero-order valence-corrected chi connectivity index (χ0v) is 11.6. The second-order valence-electron chi connectivity index (χ2n) is 6.79. The van der Waals surface area contributed by atoms with Gasteiger partial charge >= 0.3 is 0 Å². The summed E-state index contributed by atoms with van der Waals surface area (Å²) < 4.78 is 5.65. The Morgan fingerprint density at radius 1 is 1.18 bits per heavy atom. The van der Waals surface area contributed by atoms with Crippen molar-refractivity contribution in [3.8, 4) is 0 Å². The van der Waals surface area contributed by atoms with Crippen LogP contribution in [0.25, 0.3) is 0 Å². The molecule has 0 saturated heterocycles. The van der Waals surface area contributed by atoms with Crippen molar-refractivity contribution >= 4 is 5.78 Å². The summed E-state index contributed by atoms with van der Waals surface area (Å²) in [6.45, 7) is 4.59. The second-order valence-corrected chi connectivity index (χ2v) is 6.79. The van der Waals surface area contributed by atoms with Gasteiger partial charge in [0, 0.05) is 13.5 Å². The average molecular weight is 238 g/mol. The number of carbonyl (C=O) groups excluding carboxylic acids is 1. The summed E-state index contributed by atoms with van der Waals surface area (Å²) in [6.07, 6.45) is 8.62. The maximum Gasteiger partial charge on any atom is 0.164 e. The van der Waals surface area contributed by atoms with Crippen LogP contribution in [0.3, 0.4) is 0 Å². The quantitative estimate of drug-likeness (QED) is 0.746. The van der Waals surface area contributed by atoms with Crippen LogP contribution in [-0.4, -0.2) is 18.5 Å². The van der Waals surface area contributed by atoms with E-state index in [2.05, 4.69) is 13.8 Å². The molecule has 98 valence electrons. The molecule has 0 radical (unpaired) electrons. The van der Waals surface area contributed by atoms with Crippen LogP contribution in [0.4, 0.5) is 0 Å². The summed E-state index contributed by atoms with van der Waals surface area (Å²) in [5.74, 6) is 1.03. The molecule has 0 heterocycles. The molecule has 0 amide bonds. The van der Waals surface area contributed by atoms with E-state index in [0.717, 1.165) is 32.1 Å². The molecule has 0 aromatic rings. The van der Waals surface area contributed by atoms with Gasteiger partial charge in [0.15, 0.2) is 5.78 Å². The Balaban J connectivity index is 1.96. The Hall–Kier alpha value is -0.370. The van der Waals surface area contributed by atoms with Gasteiger partial charge < -0.3 is 4.74 Å². The molecular formula is C15H26O2. The lowest BCUT2D eigenvalue weighted by Gasteiger charge is -2.42. The second kappa shape index (κ2) is 4.72. The lowest BCUT2D eigenvalue weighted by atomic mass is 9.67. The molecular weight excluding hydrogens is 212 g/mol. The van der Waals surface area contributed by atoms with E-state index in [-0.39, 0.29) is 0 Å². The molecule has 2 saturated carbocycles. The molecule has 0 atom stereocenters. The van der Waals surface area contributed by atoms with Gasteiger partial charge in [-0.25, -0.2) is 0 Å². The Morgan fingerprint density at radius 3 is 2.18 bits per heavy atom. The maximum absolute atomic E-state index is 12.4. The molecule has 0 aromatic carbocycles. The summed E-state index contributed by atoms with van der Waals surface area (Å²) in [5.41, 5.74) is -0.0517. The van der Waals surface area contributed by atoms with E-state index in [9.17, 15) is 4.79 Å². The van der Waals surface area contributed by atoms with Crippen molar-refractivity contribution in [3.63, 3.8) is 0 Å². The average Bonchev–Trinajstić information content (AvgIpc) is 2.24. The van der Waals surface area contributed by atoms with Crippen LogP contribution in [0.5, 0.6) is 0 Å². The lowest BCUT2D eigenvalue weighted by Crippen LogP contribution is -2.46. The Kier molecular flexibility index (Phi) is 3.63. The summed E-state index contributed by atoms with van der Waals surface area (Å²) in [4.78, 5) is 12.4. The van der Waals surface area contributed by atoms with Crippen molar-refractivity contribution in [3.05, 3.63) is 0 Å². The number of methoxy groups -OCH3 is 1. The van der Waals surface area contributed by atoms with Gasteiger partial charge in [-0.2, -0.15) is 0 Å². The summed E-state index contributed by atoms with van der Waals surface area (Å²) in [5, 5.41) is 0. The molecule has 0 aromatic heterocycles. The van der Waals surface area contributed by atoms with Gasteiger partial charge in [0.05, 0.1) is 0 Å². The van der Waals surface area contributed by atoms with Crippen LogP contribution in [0, 0.1) is 11.3 Å². The third kappa shape index (κ3) is 2.73. The highest BCUT2D eigenvalue weighted by Crippen LogP contribution is 2.43. The molecule has 0 N–H and O–H groups in total. The van der Waals surface area contributed by atoms with Crippen molar-refractivity contribution < 1.29 is 9.53 Å². The van der Waals surface area contributed by atoms with E-state index < -0.39 is 5.60 Å². The maximum atomic E-state index is 12.4. The van der Waals surface area contributed by atoms with Crippen LogP contribution < -0.4 is 0 Å². The van der Waals surface area contributed by atoms with Crippen molar-refractivity contribution in [2.24, 2.45) is 11.3 Å². The first kappa shape index (κ1) is 13.1. The minimum Gasteiger partial charge on any atom is -0.370 e. The first-order chi connectivity index (χ1) is 7.97. The Morgan fingerprint density at radius 2 is 1.76 bits per heavy atom. The molecule has 2 rings (SSSR count). The van der Waals surface area contributed by atoms with Crippen molar-refractivity contribution in [2.45, 2.75) is 70.8 Å². The van der Waals surface area contributed by atoms with Crippen LogP contribution >= 0.6 is 0 Å². The molecule has 2 aliphatic rings. The molecule has 0 aliphatic heterocycles. The molecule has 17 heavy (non-hydrogen) atoms. The van der Waals surface area contributed by atoms with E-state index in [4.69, 9.17) is 4.74 Å². The highest BCUT2D eigenvalue weighted by molar-refractivity contribution is 5.87. The zero-order chi connectivity index (χ0) is 12.5.